The fraction of sp³-hybridized carbons (Fsp3) is 0.182. The van der Waals surface area contributed by atoms with Crippen LogP contribution in [0.2, 0.25) is 0 Å². The SMILES string of the molecule is O=C1OC2(O)C=CCc3cccc1c32. The lowest BCUT2D eigenvalue weighted by molar-refractivity contribution is -0.124. The van der Waals surface area contributed by atoms with E-state index in [9.17, 15) is 9.90 Å². The Hall–Kier alpha value is -1.61. The van der Waals surface area contributed by atoms with Gasteiger partial charge in [0.15, 0.2) is 0 Å². The van der Waals surface area contributed by atoms with Gasteiger partial charge in [-0.1, -0.05) is 18.2 Å². The second-order valence-electron chi connectivity index (χ2n) is 3.53. The predicted molar refractivity (Wildman–Crippen MR) is 48.6 cm³/mol. The van der Waals surface area contributed by atoms with E-state index in [4.69, 9.17) is 4.74 Å². The van der Waals surface area contributed by atoms with Crippen LogP contribution in [-0.2, 0) is 16.9 Å². The molecule has 1 atom stereocenters. The smallest absolute Gasteiger partial charge is 0.341 e. The van der Waals surface area contributed by atoms with E-state index in [0.717, 1.165) is 12.0 Å². The summed E-state index contributed by atoms with van der Waals surface area (Å²) in [7, 11) is 0. The Morgan fingerprint density at radius 1 is 1.43 bits per heavy atom. The van der Waals surface area contributed by atoms with Crippen molar-refractivity contribution in [3.05, 3.63) is 47.0 Å². The largest absolute Gasteiger partial charge is 0.421 e. The first kappa shape index (κ1) is 7.76. The van der Waals surface area contributed by atoms with Crippen LogP contribution in [-0.4, -0.2) is 11.1 Å². The Bertz CT molecular complexity index is 462. The van der Waals surface area contributed by atoms with E-state index in [-0.39, 0.29) is 0 Å². The van der Waals surface area contributed by atoms with Crippen molar-refractivity contribution < 1.29 is 14.6 Å². The normalized spacial score (nSPS) is 27.4. The molecule has 0 saturated heterocycles. The highest BCUT2D eigenvalue weighted by molar-refractivity contribution is 5.95. The van der Waals surface area contributed by atoms with Gasteiger partial charge < -0.3 is 9.84 Å². The fourth-order valence-electron chi connectivity index (χ4n) is 2.07. The van der Waals surface area contributed by atoms with Crippen LogP contribution < -0.4 is 0 Å². The molecule has 1 aromatic rings. The summed E-state index contributed by atoms with van der Waals surface area (Å²) < 4.78 is 4.93. The molecule has 14 heavy (non-hydrogen) atoms. The molecular formula is C11H8O3. The number of carbonyl (C=O) groups excluding carboxylic acids is 1. The third-order valence-electron chi connectivity index (χ3n) is 2.66. The van der Waals surface area contributed by atoms with Gasteiger partial charge in [0, 0.05) is 5.56 Å². The zero-order valence-corrected chi connectivity index (χ0v) is 7.36. The quantitative estimate of drug-likeness (QED) is 0.490. The molecule has 1 aliphatic heterocycles. The number of allylic oxidation sites excluding steroid dienone is 1. The first-order valence-corrected chi connectivity index (χ1v) is 4.46. The monoisotopic (exact) mass is 188 g/mol. The Labute approximate surface area is 80.6 Å². The Morgan fingerprint density at radius 3 is 3.14 bits per heavy atom. The minimum atomic E-state index is -1.51. The highest BCUT2D eigenvalue weighted by atomic mass is 16.7. The molecule has 0 fully saturated rings. The lowest BCUT2D eigenvalue weighted by Crippen LogP contribution is -2.25. The van der Waals surface area contributed by atoms with Crippen molar-refractivity contribution >= 4 is 5.97 Å². The van der Waals surface area contributed by atoms with Gasteiger partial charge >= 0.3 is 5.97 Å². The summed E-state index contributed by atoms with van der Waals surface area (Å²) in [6, 6.07) is 5.38. The molecular weight excluding hydrogens is 180 g/mol. The van der Waals surface area contributed by atoms with E-state index in [1.54, 1.807) is 12.1 Å². The van der Waals surface area contributed by atoms with Gasteiger partial charge in [-0.05, 0) is 24.1 Å². The first-order valence-electron chi connectivity index (χ1n) is 4.46. The van der Waals surface area contributed by atoms with Gasteiger partial charge in [-0.2, -0.15) is 0 Å². The van der Waals surface area contributed by atoms with Gasteiger partial charge in [-0.3, -0.25) is 0 Å². The topological polar surface area (TPSA) is 46.5 Å². The van der Waals surface area contributed by atoms with E-state index < -0.39 is 11.8 Å². The van der Waals surface area contributed by atoms with Crippen molar-refractivity contribution in [3.63, 3.8) is 0 Å². The summed E-state index contributed by atoms with van der Waals surface area (Å²) in [5.74, 6) is -1.96. The second-order valence-corrected chi connectivity index (χ2v) is 3.53. The van der Waals surface area contributed by atoms with Crippen LogP contribution in [0.5, 0.6) is 0 Å². The van der Waals surface area contributed by atoms with Crippen molar-refractivity contribution in [2.24, 2.45) is 0 Å². The van der Waals surface area contributed by atoms with Gasteiger partial charge in [0.2, 0.25) is 0 Å². The molecule has 3 rings (SSSR count). The van der Waals surface area contributed by atoms with Crippen molar-refractivity contribution in [2.45, 2.75) is 12.2 Å². The minimum Gasteiger partial charge on any atom is -0.421 e. The van der Waals surface area contributed by atoms with Gasteiger partial charge in [0.1, 0.15) is 0 Å². The average Bonchev–Trinajstić information content (AvgIpc) is 2.41. The summed E-state index contributed by atoms with van der Waals surface area (Å²) in [6.45, 7) is 0. The zero-order valence-electron chi connectivity index (χ0n) is 7.36. The number of hydrogen-bond acceptors (Lipinski definition) is 3. The van der Waals surface area contributed by atoms with Crippen molar-refractivity contribution in [1.29, 1.82) is 0 Å². The minimum absolute atomic E-state index is 0.448. The van der Waals surface area contributed by atoms with Crippen LogP contribution in [0.1, 0.15) is 21.5 Å². The van der Waals surface area contributed by atoms with Crippen molar-refractivity contribution in [3.8, 4) is 0 Å². The van der Waals surface area contributed by atoms with Gasteiger partial charge in [-0.15, -0.1) is 0 Å². The molecule has 1 aromatic carbocycles. The van der Waals surface area contributed by atoms with Gasteiger partial charge in [0.25, 0.3) is 5.79 Å². The summed E-state index contributed by atoms with van der Waals surface area (Å²) in [5, 5.41) is 10.0. The van der Waals surface area contributed by atoms with Crippen LogP contribution in [0.3, 0.4) is 0 Å². The molecule has 0 amide bonds. The molecule has 0 bridgehead atoms. The molecule has 3 nitrogen and oxygen atoms in total. The predicted octanol–water partition coefficient (Wildman–Crippen LogP) is 1.11. The maximum absolute atomic E-state index is 11.4. The lowest BCUT2D eigenvalue weighted by atomic mass is 9.90. The van der Waals surface area contributed by atoms with Crippen LogP contribution in [0.4, 0.5) is 0 Å². The number of aliphatic hydroxyl groups is 1. The van der Waals surface area contributed by atoms with Crippen LogP contribution >= 0.6 is 0 Å². The summed E-state index contributed by atoms with van der Waals surface area (Å²) in [5.41, 5.74) is 2.06. The van der Waals surface area contributed by atoms with Crippen LogP contribution in [0.25, 0.3) is 0 Å². The number of carbonyl (C=O) groups is 1. The van der Waals surface area contributed by atoms with Crippen molar-refractivity contribution in [1.82, 2.24) is 0 Å². The number of benzene rings is 1. The molecule has 0 spiro atoms. The van der Waals surface area contributed by atoms with E-state index in [1.165, 1.54) is 6.08 Å². The molecule has 0 saturated carbocycles. The standard InChI is InChI=1S/C11H8O3/c12-10-8-5-1-3-7-4-2-6-11(13,14-10)9(7)8/h1-3,5-6,13H,4H2. The van der Waals surface area contributed by atoms with E-state index >= 15 is 0 Å². The third-order valence-corrected chi connectivity index (χ3v) is 2.66. The highest BCUT2D eigenvalue weighted by Crippen LogP contribution is 2.40. The zero-order chi connectivity index (χ0) is 9.76. The molecule has 2 aliphatic rings. The van der Waals surface area contributed by atoms with E-state index in [2.05, 4.69) is 0 Å². The molecule has 0 aromatic heterocycles. The van der Waals surface area contributed by atoms with Crippen LogP contribution in [0, 0.1) is 0 Å². The molecule has 1 aliphatic carbocycles. The third kappa shape index (κ3) is 0.775. The number of hydrogen-bond donors (Lipinski definition) is 1. The maximum atomic E-state index is 11.4. The number of rotatable bonds is 0. The number of ether oxygens (including phenoxy) is 1. The van der Waals surface area contributed by atoms with Gasteiger partial charge in [0.05, 0.1) is 5.56 Å². The molecule has 1 heterocycles. The lowest BCUT2D eigenvalue weighted by Gasteiger charge is -2.23. The highest BCUT2D eigenvalue weighted by Gasteiger charge is 2.44. The average molecular weight is 188 g/mol. The van der Waals surface area contributed by atoms with E-state index in [1.807, 2.05) is 12.1 Å². The van der Waals surface area contributed by atoms with Gasteiger partial charge in [-0.25, -0.2) is 4.79 Å². The Kier molecular flexibility index (Phi) is 1.25. The van der Waals surface area contributed by atoms with Crippen LogP contribution in [0.15, 0.2) is 30.4 Å². The van der Waals surface area contributed by atoms with Crippen molar-refractivity contribution in [2.75, 3.05) is 0 Å². The Morgan fingerprint density at radius 2 is 2.29 bits per heavy atom. The molecule has 1 unspecified atom stereocenters. The summed E-state index contributed by atoms with van der Waals surface area (Å²) in [6.07, 6.45) is 4.08. The van der Waals surface area contributed by atoms with E-state index in [0.29, 0.717) is 11.1 Å². The summed E-state index contributed by atoms with van der Waals surface area (Å²) in [4.78, 5) is 11.4. The molecule has 3 heteroatoms. The fourth-order valence-corrected chi connectivity index (χ4v) is 2.07. The maximum Gasteiger partial charge on any atom is 0.341 e. The Balaban J connectivity index is 2.38. The molecule has 1 N–H and O–H groups in total. The second kappa shape index (κ2) is 2.25. The first-order chi connectivity index (χ1) is 6.71. The summed E-state index contributed by atoms with van der Waals surface area (Å²) >= 11 is 0. The molecule has 0 radical (unpaired) electrons. The number of esters is 1. The molecule has 70 valence electrons.